The Kier molecular flexibility index (Phi) is 6.79. The molecule has 1 amide bonds. The monoisotopic (exact) mass is 486 g/mol. The zero-order chi connectivity index (χ0) is 23.5. The molecule has 2 aromatic carbocycles. The molecule has 0 bridgehead atoms. The van der Waals surface area contributed by atoms with E-state index in [1.54, 1.807) is 35.4 Å². The number of amides is 1. The molecule has 0 aliphatic heterocycles. The van der Waals surface area contributed by atoms with Gasteiger partial charge in [-0.25, -0.2) is 13.4 Å². The topological polar surface area (TPSA) is 84.3 Å². The summed E-state index contributed by atoms with van der Waals surface area (Å²) in [6.45, 7) is -0.635. The Morgan fingerprint density at radius 3 is 2.56 bits per heavy atom. The molecule has 0 spiro atoms. The third-order valence-corrected chi connectivity index (χ3v) is 5.95. The largest absolute Gasteiger partial charge is 0.417 e. The molecule has 0 atom stereocenters. The van der Waals surface area contributed by atoms with Crippen LogP contribution < -0.4 is 9.62 Å². The van der Waals surface area contributed by atoms with Gasteiger partial charge in [0.15, 0.2) is 0 Å². The fraction of sp³-hybridized carbons (Fsp3) is 0.200. The van der Waals surface area contributed by atoms with E-state index < -0.39 is 39.2 Å². The molecule has 0 aliphatic rings. The molecule has 1 aromatic heterocycles. The van der Waals surface area contributed by atoms with Crippen molar-refractivity contribution in [2.45, 2.75) is 12.7 Å². The number of benzene rings is 2. The predicted octanol–water partition coefficient (Wildman–Crippen LogP) is 3.63. The van der Waals surface area contributed by atoms with E-state index in [0.29, 0.717) is 10.4 Å². The normalized spacial score (nSPS) is 11.9. The standard InChI is InChI=1S/C20H18ClF3N4O3S/c1-32(30,31)28(15-6-7-17(21)16(10-15)20(22,23)24)12-19(29)26-11-14-4-2-3-5-18(14)27-9-8-25-13-27/h2-10,13H,11-12H2,1H3,(H,26,29). The second kappa shape index (κ2) is 9.21. The van der Waals surface area contributed by atoms with Crippen molar-refractivity contribution in [3.05, 3.63) is 77.3 Å². The number of alkyl halides is 3. The molecule has 1 N–H and O–H groups in total. The average molecular weight is 487 g/mol. The average Bonchev–Trinajstić information content (AvgIpc) is 3.24. The van der Waals surface area contributed by atoms with Gasteiger partial charge in [-0.2, -0.15) is 13.2 Å². The Labute approximate surface area is 187 Å². The number of carbonyl (C=O) groups is 1. The number of hydrogen-bond acceptors (Lipinski definition) is 4. The molecule has 0 unspecified atom stereocenters. The molecule has 0 radical (unpaired) electrons. The molecule has 12 heteroatoms. The van der Waals surface area contributed by atoms with Gasteiger partial charge in [-0.05, 0) is 29.8 Å². The number of anilines is 1. The first-order valence-electron chi connectivity index (χ1n) is 9.14. The maximum atomic E-state index is 13.2. The highest BCUT2D eigenvalue weighted by molar-refractivity contribution is 7.92. The van der Waals surface area contributed by atoms with Gasteiger partial charge < -0.3 is 9.88 Å². The molecule has 1 heterocycles. The van der Waals surface area contributed by atoms with Crippen LogP contribution in [-0.4, -0.2) is 36.7 Å². The highest BCUT2D eigenvalue weighted by Crippen LogP contribution is 2.37. The number of nitrogens with zero attached hydrogens (tertiary/aromatic N) is 3. The lowest BCUT2D eigenvalue weighted by atomic mass is 10.1. The lowest BCUT2D eigenvalue weighted by molar-refractivity contribution is -0.137. The van der Waals surface area contributed by atoms with Crippen LogP contribution in [0, 0.1) is 0 Å². The summed E-state index contributed by atoms with van der Waals surface area (Å²) < 4.78 is 66.3. The Morgan fingerprint density at radius 1 is 1.22 bits per heavy atom. The maximum Gasteiger partial charge on any atom is 0.417 e. The first-order chi connectivity index (χ1) is 15.0. The summed E-state index contributed by atoms with van der Waals surface area (Å²) in [4.78, 5) is 16.5. The molecular weight excluding hydrogens is 469 g/mol. The molecule has 0 saturated carbocycles. The minimum atomic E-state index is -4.78. The first kappa shape index (κ1) is 23.6. The van der Waals surface area contributed by atoms with Gasteiger partial charge in [0.1, 0.15) is 6.54 Å². The fourth-order valence-electron chi connectivity index (χ4n) is 2.98. The summed E-state index contributed by atoms with van der Waals surface area (Å²) in [5.74, 6) is -0.695. The highest BCUT2D eigenvalue weighted by Gasteiger charge is 2.34. The second-order valence-corrected chi connectivity index (χ2v) is 9.12. The van der Waals surface area contributed by atoms with Gasteiger partial charge in [-0.3, -0.25) is 9.10 Å². The summed E-state index contributed by atoms with van der Waals surface area (Å²) in [6.07, 6.45) is 0.933. The van der Waals surface area contributed by atoms with Gasteiger partial charge in [0.2, 0.25) is 15.9 Å². The quantitative estimate of drug-likeness (QED) is 0.553. The van der Waals surface area contributed by atoms with Crippen LogP contribution in [0.25, 0.3) is 5.69 Å². The third-order valence-electron chi connectivity index (χ3n) is 4.48. The van der Waals surface area contributed by atoms with E-state index in [4.69, 9.17) is 11.6 Å². The molecule has 7 nitrogen and oxygen atoms in total. The predicted molar refractivity (Wildman–Crippen MR) is 114 cm³/mol. The molecule has 3 aromatic rings. The second-order valence-electron chi connectivity index (χ2n) is 6.81. The van der Waals surface area contributed by atoms with E-state index >= 15 is 0 Å². The van der Waals surface area contributed by atoms with Crippen LogP contribution in [0.2, 0.25) is 5.02 Å². The van der Waals surface area contributed by atoms with Gasteiger partial charge in [-0.15, -0.1) is 0 Å². The maximum absolute atomic E-state index is 13.2. The molecule has 0 aliphatic carbocycles. The van der Waals surface area contributed by atoms with Crippen LogP contribution in [0.3, 0.4) is 0 Å². The Morgan fingerprint density at radius 2 is 1.94 bits per heavy atom. The Balaban J connectivity index is 1.80. The van der Waals surface area contributed by atoms with Crippen molar-refractivity contribution in [3.63, 3.8) is 0 Å². The van der Waals surface area contributed by atoms with E-state index in [2.05, 4.69) is 10.3 Å². The summed E-state index contributed by atoms with van der Waals surface area (Å²) in [7, 11) is -4.07. The lowest BCUT2D eigenvalue weighted by Gasteiger charge is -2.23. The third kappa shape index (κ3) is 5.60. The van der Waals surface area contributed by atoms with Crippen molar-refractivity contribution < 1.29 is 26.4 Å². The smallest absolute Gasteiger partial charge is 0.350 e. The molecular formula is C20H18ClF3N4O3S. The zero-order valence-electron chi connectivity index (χ0n) is 16.7. The lowest BCUT2D eigenvalue weighted by Crippen LogP contribution is -2.40. The van der Waals surface area contributed by atoms with Crippen molar-refractivity contribution in [1.82, 2.24) is 14.9 Å². The first-order valence-corrected chi connectivity index (χ1v) is 11.4. The van der Waals surface area contributed by atoms with Gasteiger partial charge in [0.25, 0.3) is 0 Å². The Bertz CT molecular complexity index is 1220. The summed E-state index contributed by atoms with van der Waals surface area (Å²) in [5.41, 5.74) is -0.0217. The van der Waals surface area contributed by atoms with Crippen LogP contribution in [0.15, 0.2) is 61.2 Å². The van der Waals surface area contributed by atoms with Crippen LogP contribution in [0.5, 0.6) is 0 Å². The minimum Gasteiger partial charge on any atom is -0.350 e. The van der Waals surface area contributed by atoms with Crippen molar-refractivity contribution in [3.8, 4) is 5.69 Å². The van der Waals surface area contributed by atoms with E-state index in [-0.39, 0.29) is 12.2 Å². The molecule has 32 heavy (non-hydrogen) atoms. The van der Waals surface area contributed by atoms with E-state index in [1.165, 1.54) is 0 Å². The molecule has 3 rings (SSSR count). The van der Waals surface area contributed by atoms with Crippen LogP contribution in [0.4, 0.5) is 18.9 Å². The minimum absolute atomic E-state index is 0.0687. The number of halogens is 4. The van der Waals surface area contributed by atoms with E-state index in [1.807, 2.05) is 12.1 Å². The number of para-hydroxylation sites is 1. The van der Waals surface area contributed by atoms with Crippen molar-refractivity contribution in [1.29, 1.82) is 0 Å². The molecule has 0 fully saturated rings. The molecule has 170 valence electrons. The highest BCUT2D eigenvalue weighted by atomic mass is 35.5. The number of rotatable bonds is 7. The number of carbonyl (C=O) groups excluding carboxylic acids is 1. The fourth-order valence-corrected chi connectivity index (χ4v) is 4.05. The van der Waals surface area contributed by atoms with E-state index in [9.17, 15) is 26.4 Å². The summed E-state index contributed by atoms with van der Waals surface area (Å²) >= 11 is 5.61. The van der Waals surface area contributed by atoms with Crippen LogP contribution in [-0.2, 0) is 27.5 Å². The number of aromatic nitrogens is 2. The van der Waals surface area contributed by atoms with Crippen molar-refractivity contribution in [2.75, 3.05) is 17.1 Å². The number of sulfonamides is 1. The van der Waals surface area contributed by atoms with Crippen molar-refractivity contribution in [2.24, 2.45) is 0 Å². The van der Waals surface area contributed by atoms with Crippen molar-refractivity contribution >= 4 is 33.2 Å². The zero-order valence-corrected chi connectivity index (χ0v) is 18.2. The van der Waals surface area contributed by atoms with Gasteiger partial charge in [0.05, 0.1) is 34.5 Å². The summed E-state index contributed by atoms with van der Waals surface area (Å²) in [5, 5.41) is 2.03. The van der Waals surface area contributed by atoms with Crippen LogP contribution in [0.1, 0.15) is 11.1 Å². The van der Waals surface area contributed by atoms with Gasteiger partial charge >= 0.3 is 6.18 Å². The number of nitrogens with one attached hydrogen (secondary N) is 1. The van der Waals surface area contributed by atoms with Gasteiger partial charge in [-0.1, -0.05) is 29.8 Å². The molecule has 0 saturated heterocycles. The number of imidazole rings is 1. The SMILES string of the molecule is CS(=O)(=O)N(CC(=O)NCc1ccccc1-n1ccnc1)c1ccc(Cl)c(C(F)(F)F)c1. The van der Waals surface area contributed by atoms with Crippen LogP contribution >= 0.6 is 11.6 Å². The van der Waals surface area contributed by atoms with Gasteiger partial charge in [0, 0.05) is 18.9 Å². The Hall–Kier alpha value is -3.05. The number of hydrogen-bond donors (Lipinski definition) is 1. The summed E-state index contributed by atoms with van der Waals surface area (Å²) in [6, 6.07) is 9.83. The van der Waals surface area contributed by atoms with E-state index in [0.717, 1.165) is 29.6 Å².